The van der Waals surface area contributed by atoms with Gasteiger partial charge < -0.3 is 0 Å². The van der Waals surface area contributed by atoms with Crippen LogP contribution < -0.4 is 0 Å². The third-order valence-electron chi connectivity index (χ3n) is 9.29. The Balaban J connectivity index is 1.66. The first-order chi connectivity index (χ1) is 11.3. The van der Waals surface area contributed by atoms with E-state index in [0.717, 1.165) is 43.4 Å². The summed E-state index contributed by atoms with van der Waals surface area (Å²) in [6, 6.07) is 0. The monoisotopic (exact) mass is 330 g/mol. The second-order valence-corrected chi connectivity index (χ2v) is 10.2. The first kappa shape index (κ1) is 16.8. The average molecular weight is 331 g/mol. The van der Waals surface area contributed by atoms with Gasteiger partial charge in [0, 0.05) is 18.8 Å². The van der Waals surface area contributed by atoms with Crippen LogP contribution in [0.2, 0.25) is 0 Å². The third kappa shape index (κ3) is 2.13. The molecule has 0 heterocycles. The van der Waals surface area contributed by atoms with E-state index in [0.29, 0.717) is 28.8 Å². The summed E-state index contributed by atoms with van der Waals surface area (Å²) in [4.78, 5) is 24.3. The van der Waals surface area contributed by atoms with E-state index in [4.69, 9.17) is 0 Å². The van der Waals surface area contributed by atoms with Crippen LogP contribution in [0.3, 0.4) is 0 Å². The SMILES string of the molecule is CC(=O)[C@H]1CC(C)[C@H]2[C@@H]3CCC4CC(=O)CC[C@]4(C)[C@H]3CC[C@]12C. The molecule has 0 saturated heterocycles. The molecule has 0 amide bonds. The van der Waals surface area contributed by atoms with Gasteiger partial charge in [-0.3, -0.25) is 9.59 Å². The Kier molecular flexibility index (Phi) is 3.79. The van der Waals surface area contributed by atoms with Crippen molar-refractivity contribution in [3.05, 3.63) is 0 Å². The van der Waals surface area contributed by atoms with Gasteiger partial charge in [0.2, 0.25) is 0 Å². The maximum Gasteiger partial charge on any atom is 0.133 e. The van der Waals surface area contributed by atoms with Crippen LogP contribution in [0.1, 0.15) is 79.1 Å². The fourth-order valence-corrected chi connectivity index (χ4v) is 8.22. The summed E-state index contributed by atoms with van der Waals surface area (Å²) in [5.41, 5.74) is 0.617. The molecule has 0 spiro atoms. The van der Waals surface area contributed by atoms with Crippen molar-refractivity contribution in [1.82, 2.24) is 0 Å². The minimum atomic E-state index is 0.236. The number of Topliss-reactive ketones (excluding diaryl/α,β-unsaturated/α-hetero) is 2. The summed E-state index contributed by atoms with van der Waals surface area (Å²) in [5, 5.41) is 0. The molecular weight excluding hydrogens is 296 g/mol. The molecule has 0 aliphatic heterocycles. The third-order valence-corrected chi connectivity index (χ3v) is 9.29. The highest BCUT2D eigenvalue weighted by Gasteiger charge is 2.62. The molecule has 0 aromatic heterocycles. The van der Waals surface area contributed by atoms with Crippen LogP contribution in [-0.4, -0.2) is 11.6 Å². The van der Waals surface area contributed by atoms with E-state index in [1.807, 2.05) is 6.92 Å². The number of rotatable bonds is 1. The number of fused-ring (bicyclic) bond motifs is 5. The summed E-state index contributed by atoms with van der Waals surface area (Å²) in [5.74, 6) is 4.83. The summed E-state index contributed by atoms with van der Waals surface area (Å²) in [6.07, 6.45) is 8.93. The largest absolute Gasteiger partial charge is 0.300 e. The van der Waals surface area contributed by atoms with Crippen LogP contribution in [0.4, 0.5) is 0 Å². The first-order valence-electron chi connectivity index (χ1n) is 10.3. The molecule has 0 aromatic rings. The summed E-state index contributed by atoms with van der Waals surface area (Å²) in [6.45, 7) is 9.17. The second-order valence-electron chi connectivity index (χ2n) is 10.2. The number of hydrogen-bond donors (Lipinski definition) is 0. The van der Waals surface area contributed by atoms with Crippen LogP contribution in [0, 0.1) is 46.3 Å². The number of carbonyl (C=O) groups is 2. The highest BCUT2D eigenvalue weighted by atomic mass is 16.1. The molecule has 4 fully saturated rings. The Bertz CT molecular complexity index is 566. The molecule has 4 aliphatic carbocycles. The average Bonchev–Trinajstić information content (AvgIpc) is 2.80. The number of carbonyl (C=O) groups excluding carboxylic acids is 2. The standard InChI is InChI=1S/C22H34O2/c1-13-11-19(14(2)23)22(4)10-8-18-17(20(13)22)6-5-15-12-16(24)7-9-21(15,18)3/h13,15,17-20H,5-12H2,1-4H3/t13?,15?,17-,18+,19-,20+,21+,22-/m1/s1. The van der Waals surface area contributed by atoms with Crippen LogP contribution in [0.25, 0.3) is 0 Å². The molecule has 4 rings (SSSR count). The zero-order valence-corrected chi connectivity index (χ0v) is 15.9. The normalized spacial score (nSPS) is 53.9. The lowest BCUT2D eigenvalue weighted by Crippen LogP contribution is -2.54. The topological polar surface area (TPSA) is 34.1 Å². The van der Waals surface area contributed by atoms with Crippen LogP contribution in [0.5, 0.6) is 0 Å². The van der Waals surface area contributed by atoms with E-state index in [1.165, 1.54) is 25.7 Å². The summed E-state index contributed by atoms with van der Waals surface area (Å²) in [7, 11) is 0. The highest BCUT2D eigenvalue weighted by Crippen LogP contribution is 2.68. The zero-order chi connectivity index (χ0) is 17.3. The van der Waals surface area contributed by atoms with E-state index in [2.05, 4.69) is 20.8 Å². The molecule has 0 aromatic carbocycles. The Morgan fingerprint density at radius 3 is 2.54 bits per heavy atom. The van der Waals surface area contributed by atoms with Crippen molar-refractivity contribution in [1.29, 1.82) is 0 Å². The van der Waals surface area contributed by atoms with Crippen molar-refractivity contribution in [2.24, 2.45) is 46.3 Å². The summed E-state index contributed by atoms with van der Waals surface area (Å²) < 4.78 is 0. The van der Waals surface area contributed by atoms with Gasteiger partial charge in [0.1, 0.15) is 11.6 Å². The predicted molar refractivity (Wildman–Crippen MR) is 95.5 cm³/mol. The molecule has 24 heavy (non-hydrogen) atoms. The smallest absolute Gasteiger partial charge is 0.133 e. The van der Waals surface area contributed by atoms with Gasteiger partial charge in [-0.15, -0.1) is 0 Å². The zero-order valence-electron chi connectivity index (χ0n) is 15.9. The van der Waals surface area contributed by atoms with E-state index in [9.17, 15) is 9.59 Å². The van der Waals surface area contributed by atoms with Crippen LogP contribution in [-0.2, 0) is 9.59 Å². The van der Waals surface area contributed by atoms with Crippen molar-refractivity contribution in [3.63, 3.8) is 0 Å². The van der Waals surface area contributed by atoms with Crippen molar-refractivity contribution in [2.75, 3.05) is 0 Å². The Hall–Kier alpha value is -0.660. The van der Waals surface area contributed by atoms with Gasteiger partial charge in [-0.05, 0) is 85.9 Å². The molecule has 0 radical (unpaired) electrons. The van der Waals surface area contributed by atoms with Gasteiger partial charge >= 0.3 is 0 Å². The van der Waals surface area contributed by atoms with Crippen molar-refractivity contribution >= 4 is 11.6 Å². The molecule has 134 valence electrons. The quantitative estimate of drug-likeness (QED) is 0.674. The van der Waals surface area contributed by atoms with Crippen LogP contribution in [0.15, 0.2) is 0 Å². The molecule has 2 nitrogen and oxygen atoms in total. The fraction of sp³-hybridized carbons (Fsp3) is 0.909. The summed E-state index contributed by atoms with van der Waals surface area (Å²) >= 11 is 0. The van der Waals surface area contributed by atoms with Gasteiger partial charge in [0.25, 0.3) is 0 Å². The Labute approximate surface area is 147 Å². The number of hydrogen-bond acceptors (Lipinski definition) is 2. The number of ketones is 2. The molecular formula is C22H34O2. The molecule has 8 atom stereocenters. The molecule has 2 heteroatoms. The van der Waals surface area contributed by atoms with Crippen molar-refractivity contribution < 1.29 is 9.59 Å². The predicted octanol–water partition coefficient (Wildman–Crippen LogP) is 5.05. The van der Waals surface area contributed by atoms with Crippen molar-refractivity contribution in [3.8, 4) is 0 Å². The van der Waals surface area contributed by atoms with E-state index >= 15 is 0 Å². The Morgan fingerprint density at radius 1 is 1.08 bits per heavy atom. The molecule has 0 bridgehead atoms. The molecule has 4 aliphatic rings. The first-order valence-corrected chi connectivity index (χ1v) is 10.3. The van der Waals surface area contributed by atoms with E-state index in [1.54, 1.807) is 0 Å². The molecule has 0 N–H and O–H groups in total. The van der Waals surface area contributed by atoms with Crippen LogP contribution >= 0.6 is 0 Å². The fourth-order valence-electron chi connectivity index (χ4n) is 8.22. The van der Waals surface area contributed by atoms with E-state index < -0.39 is 0 Å². The lowest BCUT2D eigenvalue weighted by molar-refractivity contribution is -0.145. The lowest BCUT2D eigenvalue weighted by atomic mass is 9.44. The lowest BCUT2D eigenvalue weighted by Gasteiger charge is -2.60. The minimum absolute atomic E-state index is 0.236. The van der Waals surface area contributed by atoms with E-state index in [-0.39, 0.29) is 11.3 Å². The molecule has 2 unspecified atom stereocenters. The maximum absolute atomic E-state index is 12.3. The van der Waals surface area contributed by atoms with Gasteiger partial charge in [-0.25, -0.2) is 0 Å². The van der Waals surface area contributed by atoms with Gasteiger partial charge in [-0.1, -0.05) is 20.8 Å². The second kappa shape index (κ2) is 5.42. The van der Waals surface area contributed by atoms with Gasteiger partial charge in [-0.2, -0.15) is 0 Å². The minimum Gasteiger partial charge on any atom is -0.300 e. The highest BCUT2D eigenvalue weighted by molar-refractivity contribution is 5.80. The Morgan fingerprint density at radius 2 is 1.83 bits per heavy atom. The van der Waals surface area contributed by atoms with Gasteiger partial charge in [0.05, 0.1) is 0 Å². The van der Waals surface area contributed by atoms with Crippen molar-refractivity contribution in [2.45, 2.75) is 79.1 Å². The maximum atomic E-state index is 12.3. The van der Waals surface area contributed by atoms with Gasteiger partial charge in [0.15, 0.2) is 0 Å². The molecule has 4 saturated carbocycles.